The van der Waals surface area contributed by atoms with Crippen molar-refractivity contribution in [3.8, 4) is 5.75 Å². The fourth-order valence-electron chi connectivity index (χ4n) is 1.99. The molecule has 0 aromatic heterocycles. The van der Waals surface area contributed by atoms with E-state index in [9.17, 15) is 17.6 Å². The van der Waals surface area contributed by atoms with Crippen molar-refractivity contribution in [1.82, 2.24) is 0 Å². The molecule has 0 aliphatic heterocycles. The van der Waals surface area contributed by atoms with Crippen LogP contribution in [0.25, 0.3) is 0 Å². The van der Waals surface area contributed by atoms with E-state index in [2.05, 4.69) is 4.74 Å². The monoisotopic (exact) mass is 299 g/mol. The van der Waals surface area contributed by atoms with Crippen molar-refractivity contribution in [3.63, 3.8) is 0 Å². The van der Waals surface area contributed by atoms with Gasteiger partial charge in [0.15, 0.2) is 0 Å². The molecule has 0 bridgehead atoms. The van der Waals surface area contributed by atoms with Gasteiger partial charge in [-0.1, -0.05) is 18.2 Å². The lowest BCUT2D eigenvalue weighted by Gasteiger charge is -2.16. The van der Waals surface area contributed by atoms with Gasteiger partial charge >= 0.3 is 6.61 Å². The van der Waals surface area contributed by atoms with Crippen LogP contribution < -0.4 is 10.5 Å². The van der Waals surface area contributed by atoms with E-state index in [-0.39, 0.29) is 16.9 Å². The van der Waals surface area contributed by atoms with E-state index in [4.69, 9.17) is 5.73 Å². The molecule has 0 heterocycles. The Morgan fingerprint density at radius 2 is 1.62 bits per heavy atom. The number of halogens is 4. The predicted octanol–water partition coefficient (Wildman–Crippen LogP) is 3.92. The standard InChI is InChI=1S/C15H13F4NO/c1-8-2-7-11(16)12(13(8)17)14(20)9-3-5-10(6-4-9)21-15(18)19/h2-7,14-15H,20H2,1H3. The molecule has 112 valence electrons. The summed E-state index contributed by atoms with van der Waals surface area (Å²) in [6.45, 7) is -1.43. The molecule has 0 spiro atoms. The summed E-state index contributed by atoms with van der Waals surface area (Å²) < 4.78 is 56.1. The maximum atomic E-state index is 14.0. The Kier molecular flexibility index (Phi) is 4.47. The smallest absolute Gasteiger partial charge is 0.387 e. The number of benzene rings is 2. The van der Waals surface area contributed by atoms with Crippen molar-refractivity contribution in [2.75, 3.05) is 0 Å². The number of hydrogen-bond donors (Lipinski definition) is 1. The highest BCUT2D eigenvalue weighted by molar-refractivity contribution is 5.38. The summed E-state index contributed by atoms with van der Waals surface area (Å²) in [6.07, 6.45) is 0. The van der Waals surface area contributed by atoms with Crippen LogP contribution in [-0.2, 0) is 0 Å². The lowest BCUT2D eigenvalue weighted by atomic mass is 9.97. The van der Waals surface area contributed by atoms with Crippen molar-refractivity contribution in [3.05, 3.63) is 64.7 Å². The van der Waals surface area contributed by atoms with Crippen LogP contribution in [0.3, 0.4) is 0 Å². The first-order valence-electron chi connectivity index (χ1n) is 6.15. The summed E-state index contributed by atoms with van der Waals surface area (Å²) in [4.78, 5) is 0. The third kappa shape index (κ3) is 3.33. The van der Waals surface area contributed by atoms with Crippen LogP contribution in [0.15, 0.2) is 36.4 Å². The van der Waals surface area contributed by atoms with Crippen LogP contribution in [0.5, 0.6) is 5.75 Å². The Morgan fingerprint density at radius 1 is 1.00 bits per heavy atom. The van der Waals surface area contributed by atoms with E-state index < -0.39 is 24.3 Å². The van der Waals surface area contributed by atoms with Gasteiger partial charge in [0.05, 0.1) is 6.04 Å². The number of alkyl halides is 2. The Labute approximate surface area is 119 Å². The van der Waals surface area contributed by atoms with Gasteiger partial charge in [0.25, 0.3) is 0 Å². The van der Waals surface area contributed by atoms with Crippen LogP contribution in [-0.4, -0.2) is 6.61 Å². The minimum atomic E-state index is -2.93. The lowest BCUT2D eigenvalue weighted by molar-refractivity contribution is -0.0498. The van der Waals surface area contributed by atoms with E-state index in [0.717, 1.165) is 6.07 Å². The fraction of sp³-hybridized carbons (Fsp3) is 0.200. The molecule has 0 aliphatic carbocycles. The minimum absolute atomic E-state index is 0.0499. The highest BCUT2D eigenvalue weighted by atomic mass is 19.3. The minimum Gasteiger partial charge on any atom is -0.435 e. The molecule has 21 heavy (non-hydrogen) atoms. The number of nitrogens with two attached hydrogens (primary N) is 1. The average Bonchev–Trinajstić information content (AvgIpc) is 2.43. The Balaban J connectivity index is 2.32. The van der Waals surface area contributed by atoms with Gasteiger partial charge in [0, 0.05) is 5.56 Å². The van der Waals surface area contributed by atoms with Crippen molar-refractivity contribution in [2.45, 2.75) is 19.6 Å². The van der Waals surface area contributed by atoms with Crippen molar-refractivity contribution < 1.29 is 22.3 Å². The number of aryl methyl sites for hydroxylation is 1. The van der Waals surface area contributed by atoms with E-state index in [1.165, 1.54) is 37.3 Å². The molecule has 0 saturated carbocycles. The van der Waals surface area contributed by atoms with Crippen molar-refractivity contribution in [2.24, 2.45) is 5.73 Å². The highest BCUT2D eigenvalue weighted by Gasteiger charge is 2.20. The van der Waals surface area contributed by atoms with Gasteiger partial charge in [-0.05, 0) is 36.2 Å². The predicted molar refractivity (Wildman–Crippen MR) is 70.2 cm³/mol. The lowest BCUT2D eigenvalue weighted by Crippen LogP contribution is -2.16. The van der Waals surface area contributed by atoms with Gasteiger partial charge in [0.2, 0.25) is 0 Å². The van der Waals surface area contributed by atoms with Crippen molar-refractivity contribution in [1.29, 1.82) is 0 Å². The van der Waals surface area contributed by atoms with Gasteiger partial charge in [0.1, 0.15) is 17.4 Å². The molecule has 0 amide bonds. The highest BCUT2D eigenvalue weighted by Crippen LogP contribution is 2.28. The molecule has 0 fully saturated rings. The van der Waals surface area contributed by atoms with E-state index in [1.54, 1.807) is 0 Å². The topological polar surface area (TPSA) is 35.2 Å². The zero-order chi connectivity index (χ0) is 15.6. The molecule has 0 saturated heterocycles. The molecule has 2 N–H and O–H groups in total. The average molecular weight is 299 g/mol. The Bertz CT molecular complexity index is 628. The summed E-state index contributed by atoms with van der Waals surface area (Å²) in [6, 6.07) is 6.75. The summed E-state index contributed by atoms with van der Waals surface area (Å²) in [7, 11) is 0. The first-order chi connectivity index (χ1) is 9.90. The maximum absolute atomic E-state index is 14.0. The van der Waals surface area contributed by atoms with Crippen molar-refractivity contribution >= 4 is 0 Å². The summed E-state index contributed by atoms with van der Waals surface area (Å²) >= 11 is 0. The number of ether oxygens (including phenoxy) is 1. The molecular formula is C15H13F4NO. The second-order valence-electron chi connectivity index (χ2n) is 4.52. The second-order valence-corrected chi connectivity index (χ2v) is 4.52. The van der Waals surface area contributed by atoms with Gasteiger partial charge in [-0.25, -0.2) is 8.78 Å². The molecule has 2 rings (SSSR count). The summed E-state index contributed by atoms with van der Waals surface area (Å²) in [5.41, 5.74) is 6.28. The van der Waals surface area contributed by atoms with Crippen LogP contribution in [0, 0.1) is 18.6 Å². The summed E-state index contributed by atoms with van der Waals surface area (Å²) in [5, 5.41) is 0. The Morgan fingerprint density at radius 3 is 2.19 bits per heavy atom. The van der Waals surface area contributed by atoms with Crippen LogP contribution in [0.2, 0.25) is 0 Å². The SMILES string of the molecule is Cc1ccc(F)c(C(N)c2ccc(OC(F)F)cc2)c1F. The first-order valence-corrected chi connectivity index (χ1v) is 6.15. The van der Waals surface area contributed by atoms with E-state index in [1.807, 2.05) is 0 Å². The van der Waals surface area contributed by atoms with Crippen LogP contribution in [0.4, 0.5) is 17.6 Å². The van der Waals surface area contributed by atoms with Gasteiger partial charge in [-0.15, -0.1) is 0 Å². The number of rotatable bonds is 4. The normalized spacial score (nSPS) is 12.5. The molecule has 2 nitrogen and oxygen atoms in total. The van der Waals surface area contributed by atoms with Gasteiger partial charge < -0.3 is 10.5 Å². The summed E-state index contributed by atoms with van der Waals surface area (Å²) in [5.74, 6) is -1.51. The van der Waals surface area contributed by atoms with E-state index in [0.29, 0.717) is 5.56 Å². The molecule has 0 radical (unpaired) electrons. The molecule has 0 aliphatic rings. The molecule has 6 heteroatoms. The van der Waals surface area contributed by atoms with E-state index >= 15 is 0 Å². The molecule has 1 unspecified atom stereocenters. The molecular weight excluding hydrogens is 286 g/mol. The molecule has 1 atom stereocenters. The maximum Gasteiger partial charge on any atom is 0.387 e. The number of hydrogen-bond acceptors (Lipinski definition) is 2. The zero-order valence-electron chi connectivity index (χ0n) is 11.1. The first kappa shape index (κ1) is 15.3. The third-order valence-electron chi connectivity index (χ3n) is 3.10. The van der Waals surface area contributed by atoms with Gasteiger partial charge in [-0.2, -0.15) is 8.78 Å². The van der Waals surface area contributed by atoms with Crippen LogP contribution in [0.1, 0.15) is 22.7 Å². The largest absolute Gasteiger partial charge is 0.435 e. The molecule has 2 aromatic rings. The second kappa shape index (κ2) is 6.13. The third-order valence-corrected chi connectivity index (χ3v) is 3.10. The molecule has 2 aromatic carbocycles. The zero-order valence-corrected chi connectivity index (χ0v) is 11.1. The quantitative estimate of drug-likeness (QED) is 0.868. The fourth-order valence-corrected chi connectivity index (χ4v) is 1.99. The Hall–Kier alpha value is -2.08. The van der Waals surface area contributed by atoms with Gasteiger partial charge in [-0.3, -0.25) is 0 Å². The van der Waals surface area contributed by atoms with Crippen LogP contribution >= 0.6 is 0 Å².